The molecule has 1 saturated carbocycles. The van der Waals surface area contributed by atoms with Crippen molar-refractivity contribution in [3.8, 4) is 11.5 Å². The largest absolute Gasteiger partial charge is 0.497 e. The Morgan fingerprint density at radius 3 is 2.13 bits per heavy atom. The van der Waals surface area contributed by atoms with Crippen LogP contribution in [0.3, 0.4) is 0 Å². The molecule has 4 aromatic rings. The third-order valence-corrected chi connectivity index (χ3v) is 12.8. The lowest BCUT2D eigenvalue weighted by Crippen LogP contribution is -2.40. The Balaban J connectivity index is 1.18. The molecule has 52 heavy (non-hydrogen) atoms. The van der Waals surface area contributed by atoms with Crippen molar-refractivity contribution < 1.29 is 32.4 Å². The van der Waals surface area contributed by atoms with Gasteiger partial charge in [0.1, 0.15) is 29.3 Å². The number of aromatic nitrogens is 2. The number of aromatic amines is 1. The first-order valence-corrected chi connectivity index (χ1v) is 19.0. The molecule has 0 bridgehead atoms. The number of rotatable bonds is 11. The zero-order valence-electron chi connectivity index (χ0n) is 29.2. The number of alkyl halides is 1. The van der Waals surface area contributed by atoms with Crippen LogP contribution in [0.5, 0.6) is 11.5 Å². The van der Waals surface area contributed by atoms with Crippen molar-refractivity contribution >= 4 is 8.53 Å². The van der Waals surface area contributed by atoms with Gasteiger partial charge in [-0.1, -0.05) is 67.4 Å². The number of fused-ring (bicyclic) bond motifs is 2. The van der Waals surface area contributed by atoms with E-state index in [4.69, 9.17) is 28.0 Å². The molecule has 3 aromatic carbocycles. The summed E-state index contributed by atoms with van der Waals surface area (Å²) in [5.41, 5.74) is -0.400. The zero-order chi connectivity index (χ0) is 35.9. The SMILES string of the molecule is COc1ccc(C(OC[C@H]2O[C@@H](n3ccc(=O)[nH]c3=O)[C@H](F)[C@@H]2O[P@@]2OC3(CCCC3)[C@@H]3CCCN32)(c2ccccc2)c2ccc(OC)cc2)cc1. The molecule has 0 radical (unpaired) electrons. The molecule has 274 valence electrons. The van der Waals surface area contributed by atoms with Crippen LogP contribution in [0.4, 0.5) is 4.39 Å². The van der Waals surface area contributed by atoms with Gasteiger partial charge in [-0.3, -0.25) is 14.3 Å². The molecule has 6 atom stereocenters. The number of H-pyrrole nitrogens is 1. The fraction of sp³-hybridized carbons (Fsp3) is 0.436. The summed E-state index contributed by atoms with van der Waals surface area (Å²) in [6.45, 7) is 0.697. The van der Waals surface area contributed by atoms with Gasteiger partial charge in [0.15, 0.2) is 12.4 Å². The molecular weight excluding hydrogens is 688 g/mol. The summed E-state index contributed by atoms with van der Waals surface area (Å²) in [7, 11) is 1.62. The van der Waals surface area contributed by atoms with Crippen molar-refractivity contribution in [2.45, 2.75) is 80.4 Å². The zero-order valence-corrected chi connectivity index (χ0v) is 30.1. The van der Waals surface area contributed by atoms with Crippen molar-refractivity contribution in [1.29, 1.82) is 0 Å². The molecule has 4 aliphatic rings. The lowest BCUT2D eigenvalue weighted by atomic mass is 9.80. The molecular formula is C39H43FN3O8P. The summed E-state index contributed by atoms with van der Waals surface area (Å²) in [5.74, 6) is 1.36. The lowest BCUT2D eigenvalue weighted by Gasteiger charge is -2.37. The van der Waals surface area contributed by atoms with Gasteiger partial charge in [-0.15, -0.1) is 0 Å². The van der Waals surface area contributed by atoms with E-state index in [9.17, 15) is 9.59 Å². The third kappa shape index (κ3) is 6.19. The highest BCUT2D eigenvalue weighted by Crippen LogP contribution is 2.65. The summed E-state index contributed by atoms with van der Waals surface area (Å²) in [6.07, 6.45) is 2.15. The molecule has 3 aliphatic heterocycles. The number of nitrogens with zero attached hydrogens (tertiary/aromatic N) is 2. The Bertz CT molecular complexity index is 1910. The van der Waals surface area contributed by atoms with Crippen molar-refractivity contribution in [2.75, 3.05) is 27.4 Å². The van der Waals surface area contributed by atoms with Crippen molar-refractivity contribution in [2.24, 2.45) is 0 Å². The van der Waals surface area contributed by atoms with Crippen molar-refractivity contribution in [3.05, 3.63) is 129 Å². The van der Waals surface area contributed by atoms with Crippen LogP contribution >= 0.6 is 8.53 Å². The Labute approximate surface area is 302 Å². The second-order valence-electron chi connectivity index (χ2n) is 13.8. The van der Waals surface area contributed by atoms with E-state index >= 15 is 4.39 Å². The minimum atomic E-state index is -1.78. The highest BCUT2D eigenvalue weighted by Gasteiger charge is 2.60. The van der Waals surface area contributed by atoms with Gasteiger partial charge in [0, 0.05) is 24.8 Å². The molecule has 3 saturated heterocycles. The molecule has 1 N–H and O–H groups in total. The van der Waals surface area contributed by atoms with E-state index in [1.807, 2.05) is 78.9 Å². The van der Waals surface area contributed by atoms with Gasteiger partial charge in [0.25, 0.3) is 14.1 Å². The number of halogens is 1. The monoisotopic (exact) mass is 731 g/mol. The Morgan fingerprint density at radius 2 is 1.52 bits per heavy atom. The van der Waals surface area contributed by atoms with Gasteiger partial charge < -0.3 is 28.0 Å². The summed E-state index contributed by atoms with van der Waals surface area (Å²) in [5, 5.41) is 0. The maximum absolute atomic E-state index is 16.9. The van der Waals surface area contributed by atoms with E-state index in [0.29, 0.717) is 11.5 Å². The van der Waals surface area contributed by atoms with Gasteiger partial charge in [0.05, 0.1) is 26.4 Å². The molecule has 13 heteroatoms. The summed E-state index contributed by atoms with van der Waals surface area (Å²) in [4.78, 5) is 27.1. The number of nitrogens with one attached hydrogen (secondary N) is 1. The predicted molar refractivity (Wildman–Crippen MR) is 192 cm³/mol. The van der Waals surface area contributed by atoms with Crippen LogP contribution in [0.2, 0.25) is 0 Å². The molecule has 1 spiro atoms. The number of ether oxygens (including phenoxy) is 4. The minimum Gasteiger partial charge on any atom is -0.497 e. The van der Waals surface area contributed by atoms with E-state index in [-0.39, 0.29) is 18.2 Å². The van der Waals surface area contributed by atoms with Crippen LogP contribution in [0.25, 0.3) is 0 Å². The van der Waals surface area contributed by atoms with Crippen LogP contribution in [-0.4, -0.2) is 71.6 Å². The van der Waals surface area contributed by atoms with E-state index in [1.54, 1.807) is 14.2 Å². The average Bonchev–Trinajstić information content (AvgIpc) is 3.97. The van der Waals surface area contributed by atoms with Gasteiger partial charge in [-0.25, -0.2) is 13.9 Å². The molecule has 4 heterocycles. The van der Waals surface area contributed by atoms with Gasteiger partial charge >= 0.3 is 5.69 Å². The quantitative estimate of drug-likeness (QED) is 0.142. The lowest BCUT2D eigenvalue weighted by molar-refractivity contribution is -0.0932. The number of methoxy groups -OCH3 is 2. The number of benzene rings is 3. The summed E-state index contributed by atoms with van der Waals surface area (Å²) < 4.78 is 58.3. The van der Waals surface area contributed by atoms with Crippen LogP contribution in [0, 0.1) is 0 Å². The molecule has 11 nitrogen and oxygen atoms in total. The highest BCUT2D eigenvalue weighted by atomic mass is 31.2. The summed E-state index contributed by atoms with van der Waals surface area (Å²) >= 11 is 0. The van der Waals surface area contributed by atoms with E-state index in [0.717, 1.165) is 66.3 Å². The van der Waals surface area contributed by atoms with Gasteiger partial charge in [-0.05, 0) is 66.6 Å². The van der Waals surface area contributed by atoms with Crippen molar-refractivity contribution in [1.82, 2.24) is 14.2 Å². The maximum atomic E-state index is 16.9. The van der Waals surface area contributed by atoms with Crippen molar-refractivity contribution in [3.63, 3.8) is 0 Å². The minimum absolute atomic E-state index is 0.121. The van der Waals surface area contributed by atoms with Crippen LogP contribution in [0.1, 0.15) is 61.4 Å². The van der Waals surface area contributed by atoms with Gasteiger partial charge in [-0.2, -0.15) is 0 Å². The molecule has 0 amide bonds. The standard InChI is InChI=1S/C39H43FN3O8P/c1-46-29-16-12-27(13-17-29)39(26-9-4-3-5-10-26,28-14-18-30(47-2)19-15-28)48-25-31-35(34(40)36(49-31)42-24-20-33(44)41-37(42)45)50-52-43-23-8-11-32(43)38(51-52)21-6-7-22-38/h3-5,9-10,12-20,24,31-32,34-36H,6-8,11,21-23,25H2,1-2H3,(H,41,44,45)/t31-,32+,34-,35-,36-,52+/m1/s1. The smallest absolute Gasteiger partial charge is 0.330 e. The fourth-order valence-electron chi connectivity index (χ4n) is 8.42. The molecule has 8 rings (SSSR count). The molecule has 1 aliphatic carbocycles. The van der Waals surface area contributed by atoms with Crippen LogP contribution in [0.15, 0.2) is 101 Å². The summed E-state index contributed by atoms with van der Waals surface area (Å²) in [6, 6.07) is 26.5. The topological polar surface area (TPSA) is 113 Å². The second kappa shape index (κ2) is 14.5. The normalized spacial score (nSPS) is 26.9. The van der Waals surface area contributed by atoms with Crippen LogP contribution < -0.4 is 20.7 Å². The Kier molecular flexibility index (Phi) is 9.80. The first-order valence-electron chi connectivity index (χ1n) is 17.9. The fourth-order valence-corrected chi connectivity index (χ4v) is 10.6. The Morgan fingerprint density at radius 1 is 0.885 bits per heavy atom. The average molecular weight is 732 g/mol. The molecule has 4 fully saturated rings. The van der Waals surface area contributed by atoms with E-state index in [1.165, 1.54) is 12.3 Å². The van der Waals surface area contributed by atoms with Gasteiger partial charge in [0.2, 0.25) is 0 Å². The first kappa shape index (κ1) is 35.1. The third-order valence-electron chi connectivity index (χ3n) is 11.0. The van der Waals surface area contributed by atoms with E-state index in [2.05, 4.69) is 9.65 Å². The van der Waals surface area contributed by atoms with E-state index < -0.39 is 50.0 Å². The second-order valence-corrected chi connectivity index (χ2v) is 15.2. The maximum Gasteiger partial charge on any atom is 0.330 e. The van der Waals surface area contributed by atoms with Crippen LogP contribution in [-0.2, 0) is 24.1 Å². The predicted octanol–water partition coefficient (Wildman–Crippen LogP) is 6.22. The molecule has 0 unspecified atom stereocenters. The first-order chi connectivity index (χ1) is 25.3. The molecule has 1 aromatic heterocycles. The highest BCUT2D eigenvalue weighted by molar-refractivity contribution is 7.45. The Hall–Kier alpha value is -3.90. The number of hydrogen-bond donors (Lipinski definition) is 1. The number of hydrogen-bond acceptors (Lipinski definition) is 9.